The molecule has 0 saturated carbocycles. The van der Waals surface area contributed by atoms with Crippen molar-refractivity contribution in [1.29, 1.82) is 0 Å². The molecule has 0 fully saturated rings. The first-order valence-electron chi connectivity index (χ1n) is 5.84. The summed E-state index contributed by atoms with van der Waals surface area (Å²) in [6, 6.07) is 11.2. The van der Waals surface area contributed by atoms with E-state index in [1.54, 1.807) is 6.07 Å². The average molecular weight is 261 g/mol. The van der Waals surface area contributed by atoms with Gasteiger partial charge in [-0.3, -0.25) is 0 Å². The van der Waals surface area contributed by atoms with Gasteiger partial charge in [-0.2, -0.15) is 0 Å². The van der Waals surface area contributed by atoms with Crippen LogP contribution in [0.2, 0.25) is 0 Å². The first kappa shape index (κ1) is 13.1. The van der Waals surface area contributed by atoms with Crippen LogP contribution in [0.25, 0.3) is 0 Å². The molecule has 0 spiro atoms. The topological polar surface area (TPSA) is 26.0 Å². The van der Waals surface area contributed by atoms with Crippen LogP contribution in [0.5, 0.6) is 0 Å². The Balaban J connectivity index is 2.39. The predicted molar refractivity (Wildman–Crippen MR) is 74.3 cm³/mol. The average Bonchev–Trinajstić information content (AvgIpc) is 2.34. The Morgan fingerprint density at radius 3 is 2.61 bits per heavy atom. The Hall–Kier alpha value is -1.32. The number of benzene rings is 2. The summed E-state index contributed by atoms with van der Waals surface area (Å²) in [5.74, 6) is -0.206. The lowest BCUT2D eigenvalue weighted by Crippen LogP contribution is -2.00. The molecule has 0 amide bonds. The second-order valence-corrected chi connectivity index (χ2v) is 5.36. The molecule has 2 N–H and O–H groups in total. The first-order valence-corrected chi connectivity index (χ1v) is 6.66. The molecule has 0 saturated heterocycles. The molecule has 2 aromatic rings. The van der Waals surface area contributed by atoms with Crippen molar-refractivity contribution in [2.75, 3.05) is 0 Å². The zero-order valence-corrected chi connectivity index (χ0v) is 11.4. The number of aryl methyl sites for hydroxylation is 2. The van der Waals surface area contributed by atoms with Gasteiger partial charge in [0.2, 0.25) is 0 Å². The van der Waals surface area contributed by atoms with Crippen LogP contribution in [0.1, 0.15) is 16.7 Å². The maximum Gasteiger partial charge on any atom is 0.137 e. The SMILES string of the molecule is Cc1ccc(Sc2c(F)cccc2CN)c(C)c1. The van der Waals surface area contributed by atoms with Crippen molar-refractivity contribution in [1.82, 2.24) is 0 Å². The van der Waals surface area contributed by atoms with Gasteiger partial charge in [0.05, 0.1) is 4.90 Å². The molecule has 2 aromatic carbocycles. The van der Waals surface area contributed by atoms with Crippen LogP contribution in [0, 0.1) is 19.7 Å². The highest BCUT2D eigenvalue weighted by atomic mass is 32.2. The van der Waals surface area contributed by atoms with Crippen LogP contribution in [0.4, 0.5) is 4.39 Å². The van der Waals surface area contributed by atoms with Gasteiger partial charge in [-0.05, 0) is 37.1 Å². The number of halogens is 1. The standard InChI is InChI=1S/C15H16FNS/c1-10-6-7-14(11(2)8-10)18-15-12(9-17)4-3-5-13(15)16/h3-8H,9,17H2,1-2H3. The fourth-order valence-corrected chi connectivity index (χ4v) is 2.88. The van der Waals surface area contributed by atoms with Crippen molar-refractivity contribution < 1.29 is 4.39 Å². The third-order valence-electron chi connectivity index (χ3n) is 2.81. The van der Waals surface area contributed by atoms with Crippen molar-refractivity contribution >= 4 is 11.8 Å². The molecule has 0 heterocycles. The summed E-state index contributed by atoms with van der Waals surface area (Å²) >= 11 is 1.45. The van der Waals surface area contributed by atoms with Gasteiger partial charge in [0.15, 0.2) is 0 Å². The van der Waals surface area contributed by atoms with Gasteiger partial charge in [0.1, 0.15) is 5.82 Å². The van der Waals surface area contributed by atoms with Crippen LogP contribution >= 0.6 is 11.8 Å². The van der Waals surface area contributed by atoms with Crippen LogP contribution in [0.3, 0.4) is 0 Å². The van der Waals surface area contributed by atoms with Gasteiger partial charge in [0, 0.05) is 11.4 Å². The Bertz CT molecular complexity index is 566. The molecular weight excluding hydrogens is 245 g/mol. The molecule has 1 nitrogen and oxygen atoms in total. The minimum Gasteiger partial charge on any atom is -0.326 e. The quantitative estimate of drug-likeness (QED) is 0.902. The number of hydrogen-bond donors (Lipinski definition) is 1. The van der Waals surface area contributed by atoms with E-state index in [1.165, 1.54) is 23.4 Å². The number of hydrogen-bond acceptors (Lipinski definition) is 2. The van der Waals surface area contributed by atoms with E-state index in [9.17, 15) is 4.39 Å². The minimum absolute atomic E-state index is 0.206. The lowest BCUT2D eigenvalue weighted by atomic mass is 10.2. The zero-order chi connectivity index (χ0) is 13.1. The molecule has 0 unspecified atom stereocenters. The summed E-state index contributed by atoms with van der Waals surface area (Å²) in [4.78, 5) is 1.70. The molecule has 0 aliphatic carbocycles. The Morgan fingerprint density at radius 2 is 1.94 bits per heavy atom. The van der Waals surface area contributed by atoms with Crippen molar-refractivity contribution in [2.24, 2.45) is 5.73 Å². The monoisotopic (exact) mass is 261 g/mol. The van der Waals surface area contributed by atoms with Crippen LogP contribution in [-0.2, 0) is 6.54 Å². The van der Waals surface area contributed by atoms with E-state index < -0.39 is 0 Å². The molecular formula is C15H16FNS. The highest BCUT2D eigenvalue weighted by Crippen LogP contribution is 2.34. The third kappa shape index (κ3) is 2.74. The van der Waals surface area contributed by atoms with Gasteiger partial charge >= 0.3 is 0 Å². The summed E-state index contributed by atoms with van der Waals surface area (Å²) in [5, 5.41) is 0. The van der Waals surface area contributed by atoms with Crippen LogP contribution in [-0.4, -0.2) is 0 Å². The smallest absolute Gasteiger partial charge is 0.137 e. The maximum atomic E-state index is 13.9. The fourth-order valence-electron chi connectivity index (χ4n) is 1.85. The Kier molecular flexibility index (Phi) is 4.04. The van der Waals surface area contributed by atoms with Crippen LogP contribution in [0.15, 0.2) is 46.2 Å². The fraction of sp³-hybridized carbons (Fsp3) is 0.200. The molecule has 0 atom stereocenters. The summed E-state index contributed by atoms with van der Waals surface area (Å²) in [7, 11) is 0. The van der Waals surface area contributed by atoms with Gasteiger partial charge in [0.25, 0.3) is 0 Å². The summed E-state index contributed by atoms with van der Waals surface area (Å²) in [5.41, 5.74) is 8.87. The molecule has 0 aliphatic heterocycles. The number of nitrogens with two attached hydrogens (primary N) is 1. The summed E-state index contributed by atoms with van der Waals surface area (Å²) in [6.07, 6.45) is 0. The van der Waals surface area contributed by atoms with Gasteiger partial charge in [-0.25, -0.2) is 4.39 Å². The second-order valence-electron chi connectivity index (χ2n) is 4.30. The molecule has 18 heavy (non-hydrogen) atoms. The van der Waals surface area contributed by atoms with E-state index in [0.29, 0.717) is 11.4 Å². The van der Waals surface area contributed by atoms with E-state index in [0.717, 1.165) is 16.0 Å². The molecule has 0 aliphatic rings. The highest BCUT2D eigenvalue weighted by molar-refractivity contribution is 7.99. The minimum atomic E-state index is -0.206. The Morgan fingerprint density at radius 1 is 1.17 bits per heavy atom. The van der Waals surface area contributed by atoms with Gasteiger partial charge < -0.3 is 5.73 Å². The van der Waals surface area contributed by atoms with E-state index in [4.69, 9.17) is 5.73 Å². The third-order valence-corrected chi connectivity index (χ3v) is 4.15. The Labute approximate surface area is 111 Å². The molecule has 0 radical (unpaired) electrons. The van der Waals surface area contributed by atoms with E-state index >= 15 is 0 Å². The molecule has 0 aromatic heterocycles. The molecule has 3 heteroatoms. The molecule has 2 rings (SSSR count). The summed E-state index contributed by atoms with van der Waals surface area (Å²) in [6.45, 7) is 4.44. The molecule has 0 bridgehead atoms. The summed E-state index contributed by atoms with van der Waals surface area (Å²) < 4.78 is 13.9. The second kappa shape index (κ2) is 5.55. The van der Waals surface area contributed by atoms with Crippen LogP contribution < -0.4 is 5.73 Å². The van der Waals surface area contributed by atoms with Gasteiger partial charge in [-0.15, -0.1) is 0 Å². The van der Waals surface area contributed by atoms with Crippen molar-refractivity contribution in [3.05, 3.63) is 58.9 Å². The predicted octanol–water partition coefficient (Wildman–Crippen LogP) is 4.05. The van der Waals surface area contributed by atoms with E-state index in [-0.39, 0.29) is 5.82 Å². The normalized spacial score (nSPS) is 10.7. The highest BCUT2D eigenvalue weighted by Gasteiger charge is 2.10. The van der Waals surface area contributed by atoms with Crippen molar-refractivity contribution in [3.8, 4) is 0 Å². The van der Waals surface area contributed by atoms with Crippen molar-refractivity contribution in [3.63, 3.8) is 0 Å². The lowest BCUT2D eigenvalue weighted by molar-refractivity contribution is 0.597. The zero-order valence-electron chi connectivity index (χ0n) is 10.5. The number of rotatable bonds is 3. The first-order chi connectivity index (χ1) is 8.61. The molecule has 94 valence electrons. The van der Waals surface area contributed by atoms with Crippen molar-refractivity contribution in [2.45, 2.75) is 30.2 Å². The largest absolute Gasteiger partial charge is 0.326 e. The lowest BCUT2D eigenvalue weighted by Gasteiger charge is -2.11. The maximum absolute atomic E-state index is 13.9. The van der Waals surface area contributed by atoms with E-state index in [1.807, 2.05) is 25.1 Å². The van der Waals surface area contributed by atoms with Gasteiger partial charge in [-0.1, -0.05) is 41.6 Å². The van der Waals surface area contributed by atoms with E-state index in [2.05, 4.69) is 13.0 Å².